The zero-order valence-electron chi connectivity index (χ0n) is 22.4. The topological polar surface area (TPSA) is 158 Å². The molecule has 0 saturated carbocycles. The summed E-state index contributed by atoms with van der Waals surface area (Å²) >= 11 is 0. The summed E-state index contributed by atoms with van der Waals surface area (Å²) in [5, 5.41) is 39.0. The van der Waals surface area contributed by atoms with Gasteiger partial charge in [-0.1, -0.05) is 18.9 Å². The molecule has 0 bridgehead atoms. The number of carbonyl (C=O) groups excluding carboxylic acids is 2. The van der Waals surface area contributed by atoms with E-state index in [4.69, 9.17) is 14.2 Å². The Balaban J connectivity index is 1.49. The van der Waals surface area contributed by atoms with Gasteiger partial charge in [-0.05, 0) is 80.1 Å². The van der Waals surface area contributed by atoms with Crippen LogP contribution in [0.25, 0.3) is 6.08 Å². The number of nitrogens with zero attached hydrogens (tertiary/aromatic N) is 1. The maximum absolute atomic E-state index is 13.5. The van der Waals surface area contributed by atoms with Crippen LogP contribution in [0.1, 0.15) is 69.8 Å². The molecule has 1 aromatic heterocycles. The molecule has 0 unspecified atom stereocenters. The van der Waals surface area contributed by atoms with E-state index in [0.717, 1.165) is 17.6 Å². The quantitative estimate of drug-likeness (QED) is 0.127. The fourth-order valence-electron chi connectivity index (χ4n) is 6.34. The lowest BCUT2D eigenvalue weighted by molar-refractivity contribution is -0.141. The number of carboxylic acid groups (broad SMARTS) is 1. The molecule has 4 N–H and O–H groups in total. The normalized spacial score (nSPS) is 25.4. The van der Waals surface area contributed by atoms with E-state index in [-0.39, 0.29) is 56.7 Å². The summed E-state index contributed by atoms with van der Waals surface area (Å²) in [6.07, 6.45) is 5.55. The van der Waals surface area contributed by atoms with E-state index in [1.165, 1.54) is 4.90 Å². The molecule has 212 valence electrons. The van der Waals surface area contributed by atoms with Crippen LogP contribution in [-0.4, -0.2) is 69.4 Å². The molecule has 0 aromatic carbocycles. The summed E-state index contributed by atoms with van der Waals surface area (Å²) in [6, 6.07) is 3.52. The molecule has 0 spiro atoms. The largest absolute Gasteiger partial charge is 0.481 e. The van der Waals surface area contributed by atoms with Crippen molar-refractivity contribution >= 4 is 31.0 Å². The minimum absolute atomic E-state index is 0.0573. The maximum Gasteiger partial charge on any atom is 0.455 e. The number of rotatable bonds is 13. The van der Waals surface area contributed by atoms with Crippen LogP contribution in [0.2, 0.25) is 6.32 Å². The summed E-state index contributed by atoms with van der Waals surface area (Å²) in [7, 11) is -1.08. The minimum atomic E-state index is -1.08. The Labute approximate surface area is 228 Å². The molecule has 2 amide bonds. The third kappa shape index (κ3) is 6.54. The maximum atomic E-state index is 13.5. The second-order valence-corrected chi connectivity index (χ2v) is 10.7. The van der Waals surface area contributed by atoms with Crippen molar-refractivity contribution in [3.8, 4) is 0 Å². The number of carbonyl (C=O) groups is 3. The minimum Gasteiger partial charge on any atom is -0.481 e. The van der Waals surface area contributed by atoms with Gasteiger partial charge < -0.3 is 29.4 Å². The summed E-state index contributed by atoms with van der Waals surface area (Å²) in [5.74, 6) is -1.78. The fraction of sp³-hybridized carbons (Fsp3) is 0.607. The van der Waals surface area contributed by atoms with E-state index in [1.807, 2.05) is 13.0 Å². The molecular formula is C28H38BNO9. The Hall–Kier alpha value is -2.73. The summed E-state index contributed by atoms with van der Waals surface area (Å²) < 4.78 is 11.5. The van der Waals surface area contributed by atoms with Crippen LogP contribution >= 0.6 is 0 Å². The molecule has 3 aliphatic rings. The monoisotopic (exact) mass is 543 g/mol. The standard InChI is InChI=1S/C28H38BNO9/c1-2-17(12-19-8-9-20(16-32)38-19)7-10-23-25-18(15-31)13-21-26(22(25)14-29(37)39-23)28(36)30(27(21)35)11-5-3-4-6-24(33)34/h8-9,12,21-23,26,31-32,37H,2-7,10-11,13-16H2,1H3,(H,33,34)/b17-12+/t21-,22+,23-,26-/m1/s1. The van der Waals surface area contributed by atoms with Crippen LogP contribution in [0.15, 0.2) is 33.3 Å². The van der Waals surface area contributed by atoms with Crippen LogP contribution in [0.5, 0.6) is 0 Å². The van der Waals surface area contributed by atoms with Crippen molar-refractivity contribution in [2.45, 2.75) is 77.3 Å². The van der Waals surface area contributed by atoms with Gasteiger partial charge in [-0.2, -0.15) is 0 Å². The van der Waals surface area contributed by atoms with E-state index in [2.05, 4.69) is 0 Å². The number of amides is 2. The van der Waals surface area contributed by atoms with Crippen LogP contribution in [0.3, 0.4) is 0 Å². The molecule has 0 radical (unpaired) electrons. The number of aliphatic hydroxyl groups excluding tert-OH is 2. The van der Waals surface area contributed by atoms with E-state index in [0.29, 0.717) is 49.2 Å². The molecule has 3 heterocycles. The number of unbranched alkanes of at least 4 members (excludes halogenated alkanes) is 2. The smallest absolute Gasteiger partial charge is 0.455 e. The SMILES string of the molecule is CC/C(=C\c1ccc(CO)o1)CC[C@H]1OB(O)C[C@H]2C1=C(CO)C[C@H]1C(=O)N(CCCCCC(=O)O)C(=O)[C@H]12. The van der Waals surface area contributed by atoms with Gasteiger partial charge in [0.1, 0.15) is 18.1 Å². The van der Waals surface area contributed by atoms with E-state index in [9.17, 15) is 29.6 Å². The van der Waals surface area contributed by atoms with E-state index < -0.39 is 31.0 Å². The van der Waals surface area contributed by atoms with Gasteiger partial charge in [-0.15, -0.1) is 0 Å². The molecule has 10 nitrogen and oxygen atoms in total. The van der Waals surface area contributed by atoms with Crippen LogP contribution in [0, 0.1) is 17.8 Å². The zero-order chi connectivity index (χ0) is 28.1. The van der Waals surface area contributed by atoms with Crippen molar-refractivity contribution in [2.75, 3.05) is 13.2 Å². The van der Waals surface area contributed by atoms with Gasteiger partial charge in [-0.3, -0.25) is 19.3 Å². The number of hydrogen-bond acceptors (Lipinski definition) is 8. The molecule has 2 saturated heterocycles. The lowest BCUT2D eigenvalue weighted by Crippen LogP contribution is -2.46. The lowest BCUT2D eigenvalue weighted by atomic mass is 9.58. The number of allylic oxidation sites excluding steroid dienone is 1. The van der Waals surface area contributed by atoms with Gasteiger partial charge in [0.25, 0.3) is 0 Å². The molecule has 11 heteroatoms. The number of imide groups is 1. The van der Waals surface area contributed by atoms with Crippen molar-refractivity contribution in [1.82, 2.24) is 4.90 Å². The fourth-order valence-corrected chi connectivity index (χ4v) is 6.34. The van der Waals surface area contributed by atoms with Gasteiger partial charge in [-0.25, -0.2) is 0 Å². The van der Waals surface area contributed by atoms with Crippen molar-refractivity contribution in [3.63, 3.8) is 0 Å². The molecule has 1 aromatic rings. The van der Waals surface area contributed by atoms with Gasteiger partial charge in [0.05, 0.1) is 24.5 Å². The Bertz CT molecular complexity index is 1130. The third-order valence-corrected chi connectivity index (χ3v) is 8.23. The van der Waals surface area contributed by atoms with E-state index >= 15 is 0 Å². The first-order valence-electron chi connectivity index (χ1n) is 13.9. The number of hydrogen-bond donors (Lipinski definition) is 4. The summed E-state index contributed by atoms with van der Waals surface area (Å²) in [5.41, 5.74) is 2.64. The second kappa shape index (κ2) is 13.1. The number of aliphatic carboxylic acids is 1. The lowest BCUT2D eigenvalue weighted by Gasteiger charge is -2.43. The molecular weight excluding hydrogens is 505 g/mol. The van der Waals surface area contributed by atoms with Crippen molar-refractivity contribution in [1.29, 1.82) is 0 Å². The predicted molar refractivity (Wildman–Crippen MR) is 142 cm³/mol. The number of aliphatic hydroxyl groups is 2. The average molecular weight is 543 g/mol. The zero-order valence-corrected chi connectivity index (χ0v) is 22.4. The van der Waals surface area contributed by atoms with Gasteiger partial charge in [0.15, 0.2) is 0 Å². The Morgan fingerprint density at radius 3 is 2.56 bits per heavy atom. The van der Waals surface area contributed by atoms with Crippen LogP contribution in [0.4, 0.5) is 0 Å². The highest BCUT2D eigenvalue weighted by atomic mass is 16.5. The van der Waals surface area contributed by atoms with Crippen molar-refractivity contribution in [3.05, 3.63) is 40.4 Å². The third-order valence-electron chi connectivity index (χ3n) is 8.23. The summed E-state index contributed by atoms with van der Waals surface area (Å²) in [4.78, 5) is 38.8. The number of likely N-dealkylation sites (tertiary alicyclic amines) is 1. The average Bonchev–Trinajstić information content (AvgIpc) is 3.47. The highest BCUT2D eigenvalue weighted by Gasteiger charge is 2.57. The molecule has 39 heavy (non-hydrogen) atoms. The van der Waals surface area contributed by atoms with Crippen molar-refractivity contribution in [2.24, 2.45) is 17.8 Å². The summed E-state index contributed by atoms with van der Waals surface area (Å²) in [6.45, 7) is 1.87. The van der Waals surface area contributed by atoms with Gasteiger partial charge >= 0.3 is 13.1 Å². The molecule has 4 rings (SSSR count). The molecule has 2 aliphatic heterocycles. The Morgan fingerprint density at radius 1 is 1.10 bits per heavy atom. The number of furan rings is 1. The van der Waals surface area contributed by atoms with E-state index in [1.54, 1.807) is 12.1 Å². The van der Waals surface area contributed by atoms with Crippen molar-refractivity contribution < 1.29 is 43.8 Å². The second-order valence-electron chi connectivity index (χ2n) is 10.7. The number of carboxylic acids is 1. The highest BCUT2D eigenvalue weighted by Crippen LogP contribution is 2.50. The first-order chi connectivity index (χ1) is 18.8. The molecule has 2 fully saturated rings. The molecule has 1 aliphatic carbocycles. The van der Waals surface area contributed by atoms with Crippen LogP contribution < -0.4 is 0 Å². The van der Waals surface area contributed by atoms with Gasteiger partial charge in [0, 0.05) is 13.0 Å². The Morgan fingerprint density at radius 2 is 1.90 bits per heavy atom. The predicted octanol–water partition coefficient (Wildman–Crippen LogP) is 2.78. The van der Waals surface area contributed by atoms with Gasteiger partial charge in [0.2, 0.25) is 11.8 Å². The molecule has 4 atom stereocenters. The van der Waals surface area contributed by atoms with Crippen LogP contribution in [-0.2, 0) is 25.6 Å². The number of fused-ring (bicyclic) bond motifs is 3. The first-order valence-corrected chi connectivity index (χ1v) is 13.9. The highest BCUT2D eigenvalue weighted by molar-refractivity contribution is 6.43. The Kier molecular flexibility index (Phi) is 9.82. The first kappa shape index (κ1) is 29.3.